The maximum absolute atomic E-state index is 13.7. The minimum atomic E-state index is -2.07. The standard InChI is InChI=1S/C64H96O25/c1-31-53(86-47-27-40(76-9)54(32(2)80-47)87-48-28-41(77-10)55(33(3)81-48)88-59-52(71)57(78-11)56(34(4)82-59)89-58-51(70)50(69)49(68)42(30-65)84-58)39(75-8)26-46(79-31)83-38-20-21-60(6)37(25-38)19-22-63(73)43(60)29-44(85-45(67)18-17-36-15-13-12-14-16-36)61(7)62(72,35(5)66)23-24-64(61,63)74/h12-19,31-34,38-44,46-59,65,68-74H,20-30H2,1-11H3/t31-,32-,33-,34-,38+,39+,40+,41-,42-,43-,44-,46+,47+,48+,49-,50+,51-,52-,53-,54-,55-,56-,57+,58+,59+,60+,61-,62-,63+,64-/m1/s1. The van der Waals surface area contributed by atoms with E-state index in [2.05, 4.69) is 6.92 Å². The highest BCUT2D eigenvalue weighted by Crippen LogP contribution is 2.71. The number of hydrogen-bond donors (Lipinski definition) is 8. The molecule has 0 amide bonds. The number of aliphatic hydroxyl groups is 8. The molecule has 10 rings (SSSR count). The minimum Gasteiger partial charge on any atom is -0.458 e. The number of methoxy groups -OCH3 is 4. The Labute approximate surface area is 520 Å². The lowest BCUT2D eigenvalue weighted by Gasteiger charge is -2.67. The number of ether oxygens (including phenoxy) is 15. The van der Waals surface area contributed by atoms with E-state index in [1.807, 2.05) is 50.3 Å². The van der Waals surface area contributed by atoms with E-state index in [4.69, 9.17) is 71.1 Å². The van der Waals surface area contributed by atoms with Crippen LogP contribution in [0.3, 0.4) is 0 Å². The zero-order valence-corrected chi connectivity index (χ0v) is 52.8. The summed E-state index contributed by atoms with van der Waals surface area (Å²) >= 11 is 0. The Hall–Kier alpha value is -3.04. The topological polar surface area (TPSA) is 334 Å². The van der Waals surface area contributed by atoms with Crippen molar-refractivity contribution < 1.29 is 121 Å². The summed E-state index contributed by atoms with van der Waals surface area (Å²) in [6.07, 6.45) is -14.7. The third kappa shape index (κ3) is 12.5. The highest BCUT2D eigenvalue weighted by atomic mass is 16.8. The van der Waals surface area contributed by atoms with E-state index in [1.165, 1.54) is 27.2 Å². The number of fused-ring (bicyclic) bond motifs is 5. The fourth-order valence-corrected chi connectivity index (χ4v) is 16.5. The highest BCUT2D eigenvalue weighted by molar-refractivity contribution is 5.89. The van der Waals surface area contributed by atoms with Gasteiger partial charge in [-0.15, -0.1) is 0 Å². The summed E-state index contributed by atoms with van der Waals surface area (Å²) in [5, 5.41) is 90.7. The van der Waals surface area contributed by atoms with Crippen molar-refractivity contribution in [3.8, 4) is 0 Å². The van der Waals surface area contributed by atoms with Crippen molar-refractivity contribution in [2.75, 3.05) is 35.0 Å². The van der Waals surface area contributed by atoms with Crippen LogP contribution in [-0.4, -0.2) is 252 Å². The normalized spacial score (nSPS) is 49.3. The first-order valence-electron chi connectivity index (χ1n) is 31.5. The van der Waals surface area contributed by atoms with Gasteiger partial charge in [0, 0.05) is 59.7 Å². The maximum Gasteiger partial charge on any atom is 0.331 e. The lowest BCUT2D eigenvalue weighted by Crippen LogP contribution is -2.78. The molecule has 8 fully saturated rings. The van der Waals surface area contributed by atoms with E-state index in [1.54, 1.807) is 41.1 Å². The van der Waals surface area contributed by atoms with Gasteiger partial charge < -0.3 is 112 Å². The molecule has 1 aromatic rings. The summed E-state index contributed by atoms with van der Waals surface area (Å²) in [7, 11) is 6.10. The van der Waals surface area contributed by atoms with Crippen LogP contribution in [-0.2, 0) is 80.6 Å². The van der Waals surface area contributed by atoms with Gasteiger partial charge in [-0.1, -0.05) is 48.9 Å². The molecule has 0 bridgehead atoms. The van der Waals surface area contributed by atoms with Crippen molar-refractivity contribution in [3.63, 3.8) is 0 Å². The Morgan fingerprint density at radius 2 is 1.16 bits per heavy atom. The third-order valence-corrected chi connectivity index (χ3v) is 21.8. The monoisotopic (exact) mass is 1260 g/mol. The predicted octanol–water partition coefficient (Wildman–Crippen LogP) is 2.03. The molecular formula is C64H96O25. The lowest BCUT2D eigenvalue weighted by molar-refractivity contribution is -0.374. The average Bonchev–Trinajstić information content (AvgIpc) is 1.61. The van der Waals surface area contributed by atoms with Crippen molar-refractivity contribution in [1.29, 1.82) is 0 Å². The summed E-state index contributed by atoms with van der Waals surface area (Å²) in [5.74, 6) is -1.86. The number of carbonyl (C=O) groups excluding carboxylic acids is 2. The molecule has 25 nitrogen and oxygen atoms in total. The number of esters is 1. The first-order chi connectivity index (χ1) is 42.2. The van der Waals surface area contributed by atoms with Gasteiger partial charge in [-0.25, -0.2) is 4.79 Å². The molecule has 9 aliphatic rings. The van der Waals surface area contributed by atoms with Gasteiger partial charge in [-0.05, 0) is 104 Å². The number of carbonyl (C=O) groups is 2. The summed E-state index contributed by atoms with van der Waals surface area (Å²) in [6.45, 7) is 11.5. The third-order valence-electron chi connectivity index (χ3n) is 21.8. The molecule has 5 aliphatic heterocycles. The molecule has 4 aliphatic carbocycles. The first-order valence-corrected chi connectivity index (χ1v) is 31.5. The molecule has 1 aromatic carbocycles. The number of rotatable bonds is 19. The maximum atomic E-state index is 13.7. The Morgan fingerprint density at radius 3 is 1.71 bits per heavy atom. The molecule has 25 heteroatoms. The van der Waals surface area contributed by atoms with Gasteiger partial charge in [-0.3, -0.25) is 4.79 Å². The van der Waals surface area contributed by atoms with Crippen LogP contribution in [0.1, 0.15) is 118 Å². The second-order valence-corrected chi connectivity index (χ2v) is 26.6. The molecule has 8 N–H and O–H groups in total. The van der Waals surface area contributed by atoms with Gasteiger partial charge in [0.2, 0.25) is 0 Å². The van der Waals surface area contributed by atoms with Crippen LogP contribution < -0.4 is 0 Å². The smallest absolute Gasteiger partial charge is 0.331 e. The van der Waals surface area contributed by atoms with E-state index < -0.39 is 193 Å². The summed E-state index contributed by atoms with van der Waals surface area (Å²) in [5.41, 5.74) is -6.41. The van der Waals surface area contributed by atoms with Crippen LogP contribution in [0.15, 0.2) is 48.1 Å². The number of benzene rings is 1. The van der Waals surface area contributed by atoms with E-state index in [0.717, 1.165) is 11.1 Å². The fraction of sp³-hybridized carbons (Fsp3) is 0.812. The summed E-state index contributed by atoms with van der Waals surface area (Å²) in [4.78, 5) is 27.0. The van der Waals surface area contributed by atoms with Crippen molar-refractivity contribution in [1.82, 2.24) is 0 Å². The number of hydrogen-bond acceptors (Lipinski definition) is 25. The van der Waals surface area contributed by atoms with E-state index in [9.17, 15) is 50.4 Å². The van der Waals surface area contributed by atoms with Gasteiger partial charge in [0.05, 0.1) is 60.9 Å². The Kier molecular flexibility index (Phi) is 21.2. The molecule has 0 aromatic heterocycles. The molecule has 89 heavy (non-hydrogen) atoms. The largest absolute Gasteiger partial charge is 0.458 e. The van der Waals surface area contributed by atoms with Gasteiger partial charge in [0.15, 0.2) is 37.2 Å². The van der Waals surface area contributed by atoms with Crippen LogP contribution >= 0.6 is 0 Å². The van der Waals surface area contributed by atoms with Gasteiger partial charge in [0.25, 0.3) is 0 Å². The SMILES string of the molecule is CO[C@H]1[C@@H](O)[C@H](O[C@@H]2[C@@H](C)O[C@@H](O[C@H]3[C@@H](OC)C[C@H](O[C@H]4[C@@H](OC)C[C@H](O[C@H]5CC[C@@]6(C)C(=CC[C@]7(O)[C@@H]6C[C@@H](OC(=O)C=Cc6ccccc6)[C@@]6(C)[C@]7(O)CC[C@@]6(O)C(C)=O)C5)O[C@@H]4C)O[C@@H]3C)C[C@H]2OC)O[C@H](C)[C@H]1O[C@@H]1O[C@H](CO)[C@@H](O)[C@H](O)[C@H]1O. The lowest BCUT2D eigenvalue weighted by atomic mass is 9.42. The molecule has 3 saturated carbocycles. The predicted molar refractivity (Wildman–Crippen MR) is 310 cm³/mol. The molecule has 0 spiro atoms. The fourth-order valence-electron chi connectivity index (χ4n) is 16.5. The van der Waals surface area contributed by atoms with Gasteiger partial charge in [-0.2, -0.15) is 0 Å². The Balaban J connectivity index is 0.728. The first kappa shape index (κ1) is 68.8. The zero-order chi connectivity index (χ0) is 64.3. The molecule has 5 heterocycles. The van der Waals surface area contributed by atoms with Crippen molar-refractivity contribution in [2.45, 2.75) is 277 Å². The molecule has 5 saturated heterocycles. The summed E-state index contributed by atoms with van der Waals surface area (Å²) < 4.78 is 93.6. The molecule has 30 atom stereocenters. The van der Waals surface area contributed by atoms with E-state index >= 15 is 0 Å². The molecular weight excluding hydrogens is 1170 g/mol. The van der Waals surface area contributed by atoms with Crippen LogP contribution in [0.2, 0.25) is 0 Å². The van der Waals surface area contributed by atoms with Crippen LogP contribution in [0.4, 0.5) is 0 Å². The zero-order valence-electron chi connectivity index (χ0n) is 52.8. The second-order valence-electron chi connectivity index (χ2n) is 26.6. The van der Waals surface area contributed by atoms with Crippen LogP contribution in [0.5, 0.6) is 0 Å². The molecule has 502 valence electrons. The Bertz CT molecular complexity index is 2630. The average molecular weight is 1270 g/mol. The molecule has 0 radical (unpaired) electrons. The minimum absolute atomic E-state index is 0.0602. The van der Waals surface area contributed by atoms with Crippen molar-refractivity contribution in [2.24, 2.45) is 16.7 Å². The Morgan fingerprint density at radius 1 is 0.618 bits per heavy atom. The highest BCUT2D eigenvalue weighted by Gasteiger charge is 2.81. The quantitative estimate of drug-likeness (QED) is 0.0558. The van der Waals surface area contributed by atoms with Crippen LogP contribution in [0.25, 0.3) is 6.08 Å². The van der Waals surface area contributed by atoms with Crippen molar-refractivity contribution >= 4 is 17.8 Å². The van der Waals surface area contributed by atoms with Crippen molar-refractivity contribution in [3.05, 3.63) is 53.6 Å². The van der Waals surface area contributed by atoms with Gasteiger partial charge >= 0.3 is 5.97 Å². The van der Waals surface area contributed by atoms with E-state index in [0.29, 0.717) is 32.1 Å². The van der Waals surface area contributed by atoms with Gasteiger partial charge in [0.1, 0.15) is 83.9 Å². The number of aliphatic hydroxyl groups excluding tert-OH is 5. The number of Topliss-reactive ketones (excluding diaryl/α,β-unsaturated/α-hetero) is 1. The second kappa shape index (κ2) is 27.4. The van der Waals surface area contributed by atoms with Crippen LogP contribution in [0, 0.1) is 16.7 Å². The molecule has 0 unspecified atom stereocenters. The van der Waals surface area contributed by atoms with E-state index in [-0.39, 0.29) is 38.2 Å². The summed E-state index contributed by atoms with van der Waals surface area (Å²) in [6, 6.07) is 9.25. The number of ketones is 1.